The second kappa shape index (κ2) is 15.1. The number of anilines is 2. The number of hydrogen-bond acceptors (Lipinski definition) is 2. The van der Waals surface area contributed by atoms with Crippen LogP contribution in [0.4, 0.5) is 11.4 Å². The van der Waals surface area contributed by atoms with Gasteiger partial charge in [-0.05, 0) is 122 Å². The maximum absolute atomic E-state index is 5.20. The zero-order chi connectivity index (χ0) is 51.1. The van der Waals surface area contributed by atoms with Crippen molar-refractivity contribution in [1.82, 2.24) is 14.1 Å². The lowest BCUT2D eigenvalue weighted by Gasteiger charge is -2.45. The summed E-state index contributed by atoms with van der Waals surface area (Å²) in [6.07, 6.45) is 4.42. The monoisotopic (exact) mass is 968 g/mol. The summed E-state index contributed by atoms with van der Waals surface area (Å²) in [5, 5.41) is 5.06. The number of pyridine rings is 1. The number of fused-ring (bicyclic) bond motifs is 13. The van der Waals surface area contributed by atoms with Crippen LogP contribution >= 0.6 is 0 Å². The fourth-order valence-corrected chi connectivity index (χ4v) is 14.4. The average molecular weight is 969 g/mol. The van der Waals surface area contributed by atoms with E-state index in [2.05, 4.69) is 258 Å². The predicted molar refractivity (Wildman–Crippen MR) is 318 cm³/mol. The van der Waals surface area contributed by atoms with Gasteiger partial charge >= 0.3 is 0 Å². The summed E-state index contributed by atoms with van der Waals surface area (Å²) in [6.45, 7) is 21.9. The van der Waals surface area contributed by atoms with Crippen LogP contribution in [0.5, 0.6) is 0 Å². The van der Waals surface area contributed by atoms with Gasteiger partial charge in [0.05, 0.1) is 22.2 Å². The van der Waals surface area contributed by atoms with Gasteiger partial charge in [0.1, 0.15) is 0 Å². The van der Waals surface area contributed by atoms with Crippen molar-refractivity contribution in [3.63, 3.8) is 0 Å². The predicted octanol–water partition coefficient (Wildman–Crippen LogP) is 16.6. The van der Waals surface area contributed by atoms with Gasteiger partial charge in [-0.3, -0.25) is 4.98 Å². The van der Waals surface area contributed by atoms with Crippen LogP contribution in [-0.2, 0) is 21.7 Å². The van der Waals surface area contributed by atoms with Gasteiger partial charge in [0, 0.05) is 83.8 Å². The van der Waals surface area contributed by atoms with Crippen molar-refractivity contribution < 1.29 is 0 Å². The molecule has 0 radical (unpaired) electrons. The molecule has 75 heavy (non-hydrogen) atoms. The molecular formula is C70H61BN4. The number of para-hydroxylation sites is 3. The van der Waals surface area contributed by atoms with Gasteiger partial charge in [0.15, 0.2) is 0 Å². The molecule has 4 aliphatic rings. The van der Waals surface area contributed by atoms with Gasteiger partial charge in [-0.1, -0.05) is 189 Å². The molecule has 0 bridgehead atoms. The minimum Gasteiger partial charge on any atom is -0.311 e. The number of allylic oxidation sites excluding steroid dienone is 1. The summed E-state index contributed by atoms with van der Waals surface area (Å²) in [5.74, 6) is 0. The first-order valence-corrected chi connectivity index (χ1v) is 27.2. The second-order valence-electron chi connectivity index (χ2n) is 25.0. The largest absolute Gasteiger partial charge is 0.311 e. The summed E-state index contributed by atoms with van der Waals surface area (Å²) >= 11 is 0. The Morgan fingerprint density at radius 3 is 1.89 bits per heavy atom. The maximum Gasteiger partial charge on any atom is 0.248 e. The van der Waals surface area contributed by atoms with Crippen molar-refractivity contribution in [2.24, 2.45) is 0 Å². The molecule has 2 aliphatic heterocycles. The number of nitrogens with zero attached hydrogens (tertiary/aromatic N) is 4. The van der Waals surface area contributed by atoms with Crippen LogP contribution in [0.3, 0.4) is 0 Å². The summed E-state index contributed by atoms with van der Waals surface area (Å²) in [4.78, 5) is 7.93. The number of rotatable bonds is 4. The lowest BCUT2D eigenvalue weighted by Crippen LogP contribution is -2.56. The van der Waals surface area contributed by atoms with Crippen LogP contribution in [0.1, 0.15) is 103 Å². The van der Waals surface area contributed by atoms with Crippen LogP contribution in [0, 0.1) is 0 Å². The van der Waals surface area contributed by atoms with Gasteiger partial charge in [0.2, 0.25) is 6.71 Å². The highest BCUT2D eigenvalue weighted by molar-refractivity contribution is 6.96. The zero-order valence-electron chi connectivity index (χ0n) is 44.6. The lowest BCUT2D eigenvalue weighted by atomic mass is 9.30. The third-order valence-corrected chi connectivity index (χ3v) is 18.4. The van der Waals surface area contributed by atoms with Crippen LogP contribution in [0.25, 0.3) is 83.1 Å². The van der Waals surface area contributed by atoms with Crippen molar-refractivity contribution in [3.8, 4) is 33.8 Å². The van der Waals surface area contributed by atoms with Gasteiger partial charge < -0.3 is 14.0 Å². The normalized spacial score (nSPS) is 16.7. The maximum atomic E-state index is 5.20. The van der Waals surface area contributed by atoms with Gasteiger partial charge in [0.25, 0.3) is 0 Å². The van der Waals surface area contributed by atoms with Crippen molar-refractivity contribution >= 4 is 78.3 Å². The quantitative estimate of drug-likeness (QED) is 0.164. The number of hydrogen-bond donors (Lipinski definition) is 0. The molecule has 364 valence electrons. The van der Waals surface area contributed by atoms with E-state index in [1.54, 1.807) is 0 Å². The van der Waals surface area contributed by atoms with Gasteiger partial charge in [-0.15, -0.1) is 0 Å². The first kappa shape index (κ1) is 44.6. The molecule has 15 rings (SSSR count). The first-order valence-electron chi connectivity index (χ1n) is 27.2. The van der Waals surface area contributed by atoms with Gasteiger partial charge in [-0.25, -0.2) is 0 Å². The smallest absolute Gasteiger partial charge is 0.248 e. The van der Waals surface area contributed by atoms with E-state index < -0.39 is 0 Å². The molecule has 0 saturated carbocycles. The van der Waals surface area contributed by atoms with E-state index in [1.807, 2.05) is 0 Å². The van der Waals surface area contributed by atoms with Crippen LogP contribution in [0.15, 0.2) is 188 Å². The summed E-state index contributed by atoms with van der Waals surface area (Å²) in [7, 11) is 0. The molecule has 8 aromatic carbocycles. The molecule has 11 aromatic rings. The first-order chi connectivity index (χ1) is 36.1. The molecule has 0 spiro atoms. The second-order valence-corrected chi connectivity index (χ2v) is 25.0. The van der Waals surface area contributed by atoms with Crippen molar-refractivity contribution in [2.75, 3.05) is 4.90 Å². The molecule has 0 unspecified atom stereocenters. The molecule has 0 N–H and O–H groups in total. The molecule has 4 nitrogen and oxygen atoms in total. The fraction of sp³-hybridized carbons (Fsp3) is 0.214. The van der Waals surface area contributed by atoms with Crippen molar-refractivity contribution in [3.05, 3.63) is 215 Å². The molecule has 3 aromatic heterocycles. The molecule has 0 fully saturated rings. The third kappa shape index (κ3) is 6.10. The molecule has 5 heterocycles. The van der Waals surface area contributed by atoms with Crippen LogP contribution in [0.2, 0.25) is 0 Å². The number of aromatic nitrogens is 3. The molecule has 0 saturated heterocycles. The SMILES string of the molecule is CC(C)(C)c1ccc2c(c1)C1=C(B3c4c(cc(-c5ccc(-c6ccccc6)nc5)cc4-n4c5c3cccc5c3ccc5c6ccccc6n(-c6ccccc6)c5c34)N1c1ccc3c(c1)C(C)(C)CCC3(C)C)C2(C)C. The lowest BCUT2D eigenvalue weighted by molar-refractivity contribution is 0.332. The summed E-state index contributed by atoms with van der Waals surface area (Å²) < 4.78 is 5.22. The Hall–Kier alpha value is -7.89. The summed E-state index contributed by atoms with van der Waals surface area (Å²) in [5.41, 5.74) is 26.5. The molecule has 5 heteroatoms. The molecular weight excluding hydrogens is 908 g/mol. The topological polar surface area (TPSA) is 26.0 Å². The zero-order valence-corrected chi connectivity index (χ0v) is 44.6. The third-order valence-electron chi connectivity index (χ3n) is 18.4. The number of benzene rings is 8. The van der Waals surface area contributed by atoms with Crippen molar-refractivity contribution in [1.29, 1.82) is 0 Å². The van der Waals surface area contributed by atoms with Crippen LogP contribution in [-0.4, -0.2) is 20.8 Å². The Morgan fingerprint density at radius 1 is 0.493 bits per heavy atom. The highest BCUT2D eigenvalue weighted by Gasteiger charge is 2.53. The Morgan fingerprint density at radius 2 is 1.15 bits per heavy atom. The van der Waals surface area contributed by atoms with Gasteiger partial charge in [-0.2, -0.15) is 0 Å². The Kier molecular flexibility index (Phi) is 9.00. The van der Waals surface area contributed by atoms with Crippen LogP contribution < -0.4 is 15.8 Å². The minimum atomic E-state index is -0.298. The Bertz CT molecular complexity index is 4290. The fourth-order valence-electron chi connectivity index (χ4n) is 14.4. The minimum absolute atomic E-state index is 0.0154. The van der Waals surface area contributed by atoms with Crippen molar-refractivity contribution in [2.45, 2.75) is 96.8 Å². The molecule has 0 atom stereocenters. The van der Waals surface area contributed by atoms with E-state index in [-0.39, 0.29) is 28.4 Å². The van der Waals surface area contributed by atoms with E-state index in [9.17, 15) is 0 Å². The molecule has 0 amide bonds. The van der Waals surface area contributed by atoms with E-state index >= 15 is 0 Å². The highest BCUT2D eigenvalue weighted by atomic mass is 15.2. The van der Waals surface area contributed by atoms with E-state index in [4.69, 9.17) is 4.98 Å². The average Bonchev–Trinajstić information content (AvgIpc) is 4.20. The Labute approximate surface area is 441 Å². The van der Waals surface area contributed by atoms with E-state index in [0.29, 0.717) is 0 Å². The highest BCUT2D eigenvalue weighted by Crippen LogP contribution is 2.57. The standard InChI is InChI=1S/C70H61BN4/c1-67(2,3)45-28-32-53-52(39-45)65-66(70(53,8)9)71-56-25-18-24-49-51-31-30-50-48-23-16-17-26-58(48)73(46-21-14-11-15-22-46)63(50)64(51)75(62(49)56)60-38-44(43-27-34-57(72-41-43)42-19-12-10-13-20-42)37-59(61(60)71)74(65)47-29-33-54-55(40-47)69(6,7)36-35-68(54,4)5/h10-34,37-41H,35-36H2,1-9H3. The molecule has 2 aliphatic carbocycles. The summed E-state index contributed by atoms with van der Waals surface area (Å²) in [6, 6.07) is 67.0. The van der Waals surface area contributed by atoms with E-state index in [0.717, 1.165) is 34.5 Å². The van der Waals surface area contributed by atoms with E-state index in [1.165, 1.54) is 117 Å². The Balaban J connectivity index is 1.12.